The predicted molar refractivity (Wildman–Crippen MR) is 80.3 cm³/mol. The minimum absolute atomic E-state index is 0.00912. The Labute approximate surface area is 130 Å². The van der Waals surface area contributed by atoms with Crippen molar-refractivity contribution in [2.45, 2.75) is 6.92 Å². The van der Waals surface area contributed by atoms with Crippen LogP contribution in [-0.4, -0.2) is 12.5 Å². The molecule has 110 valence electrons. The van der Waals surface area contributed by atoms with Crippen LogP contribution >= 0.6 is 23.2 Å². The third-order valence-electron chi connectivity index (χ3n) is 2.56. The lowest BCUT2D eigenvalue weighted by Gasteiger charge is -2.09. The number of aryl methyl sites for hydroxylation is 1. The van der Waals surface area contributed by atoms with Crippen LogP contribution in [0.5, 0.6) is 5.75 Å². The number of carbonyl (C=O) groups excluding carboxylic acids is 1. The van der Waals surface area contributed by atoms with Crippen LogP contribution < -0.4 is 15.5 Å². The number of ether oxygens (including phenoxy) is 1. The summed E-state index contributed by atoms with van der Waals surface area (Å²) < 4.78 is 10.2. The van der Waals surface area contributed by atoms with Gasteiger partial charge in [0, 0.05) is 11.1 Å². The number of nitrogens with one attached hydrogen (secondary N) is 1. The summed E-state index contributed by atoms with van der Waals surface area (Å²) in [5.41, 5.74) is 0.0579. The number of amides is 1. The Hall–Kier alpha value is -1.98. The van der Waals surface area contributed by atoms with Gasteiger partial charge in [-0.2, -0.15) is 0 Å². The highest BCUT2D eigenvalue weighted by molar-refractivity contribution is 6.36. The molecule has 0 aliphatic heterocycles. The number of anilines is 1. The van der Waals surface area contributed by atoms with Gasteiger partial charge in [-0.1, -0.05) is 23.2 Å². The van der Waals surface area contributed by atoms with Crippen molar-refractivity contribution in [2.24, 2.45) is 0 Å². The first-order valence-corrected chi connectivity index (χ1v) is 6.69. The molecule has 1 amide bonds. The van der Waals surface area contributed by atoms with E-state index in [9.17, 15) is 9.59 Å². The van der Waals surface area contributed by atoms with Crippen molar-refractivity contribution in [3.05, 3.63) is 56.6 Å². The average molecular weight is 328 g/mol. The smallest absolute Gasteiger partial charge is 0.262 e. The van der Waals surface area contributed by atoms with Crippen molar-refractivity contribution >= 4 is 34.8 Å². The van der Waals surface area contributed by atoms with Crippen molar-refractivity contribution < 1.29 is 13.9 Å². The molecule has 0 aliphatic carbocycles. The standard InChI is InChI=1S/C14H11Cl2NO4/c1-8-14(12(18)4-5-20-8)21-7-13(19)17-11-3-2-9(15)6-10(11)16/h2-6H,7H2,1H3,(H,17,19). The van der Waals surface area contributed by atoms with Crippen LogP contribution in [0.25, 0.3) is 0 Å². The highest BCUT2D eigenvalue weighted by Gasteiger charge is 2.11. The fourth-order valence-electron chi connectivity index (χ4n) is 1.59. The number of carbonyl (C=O) groups is 1. The zero-order chi connectivity index (χ0) is 15.4. The Morgan fingerprint density at radius 2 is 2.10 bits per heavy atom. The van der Waals surface area contributed by atoms with Gasteiger partial charge < -0.3 is 14.5 Å². The van der Waals surface area contributed by atoms with Crippen LogP contribution in [0.2, 0.25) is 10.0 Å². The van der Waals surface area contributed by atoms with E-state index < -0.39 is 5.91 Å². The molecule has 0 radical (unpaired) electrons. The Balaban J connectivity index is 2.01. The molecular formula is C14H11Cl2NO4. The third-order valence-corrected chi connectivity index (χ3v) is 3.11. The largest absolute Gasteiger partial charge is 0.476 e. The van der Waals surface area contributed by atoms with E-state index in [2.05, 4.69) is 5.32 Å². The maximum atomic E-state index is 11.8. The van der Waals surface area contributed by atoms with Gasteiger partial charge in [0.1, 0.15) is 5.76 Å². The maximum absolute atomic E-state index is 11.8. The van der Waals surface area contributed by atoms with E-state index in [0.29, 0.717) is 21.5 Å². The van der Waals surface area contributed by atoms with Crippen LogP contribution in [0.1, 0.15) is 5.76 Å². The zero-order valence-electron chi connectivity index (χ0n) is 11.0. The summed E-state index contributed by atoms with van der Waals surface area (Å²) in [5, 5.41) is 3.34. The van der Waals surface area contributed by atoms with E-state index in [1.54, 1.807) is 19.1 Å². The van der Waals surface area contributed by atoms with Gasteiger partial charge in [0.2, 0.25) is 11.2 Å². The van der Waals surface area contributed by atoms with Gasteiger partial charge in [-0.3, -0.25) is 9.59 Å². The number of rotatable bonds is 4. The van der Waals surface area contributed by atoms with Crippen molar-refractivity contribution in [1.29, 1.82) is 0 Å². The lowest BCUT2D eigenvalue weighted by molar-refractivity contribution is -0.118. The molecule has 2 aromatic rings. The van der Waals surface area contributed by atoms with Crippen molar-refractivity contribution in [1.82, 2.24) is 0 Å². The molecule has 0 atom stereocenters. The van der Waals surface area contributed by atoms with Gasteiger partial charge in [-0.15, -0.1) is 0 Å². The van der Waals surface area contributed by atoms with Crippen LogP contribution in [0, 0.1) is 6.92 Å². The summed E-state index contributed by atoms with van der Waals surface area (Å²) in [4.78, 5) is 23.3. The van der Waals surface area contributed by atoms with Gasteiger partial charge in [0.05, 0.1) is 17.0 Å². The topological polar surface area (TPSA) is 68.5 Å². The Kier molecular flexibility index (Phi) is 4.88. The van der Waals surface area contributed by atoms with Gasteiger partial charge in [0.25, 0.3) is 5.91 Å². The fourth-order valence-corrected chi connectivity index (χ4v) is 2.04. The third kappa shape index (κ3) is 4.00. The van der Waals surface area contributed by atoms with Gasteiger partial charge in [0.15, 0.2) is 6.61 Å². The molecule has 21 heavy (non-hydrogen) atoms. The molecule has 0 unspecified atom stereocenters. The highest BCUT2D eigenvalue weighted by atomic mass is 35.5. The lowest BCUT2D eigenvalue weighted by atomic mass is 10.3. The molecule has 0 bridgehead atoms. The number of halogens is 2. The lowest BCUT2D eigenvalue weighted by Crippen LogP contribution is -2.22. The molecule has 0 saturated carbocycles. The minimum atomic E-state index is -0.457. The van der Waals surface area contributed by atoms with Crippen molar-refractivity contribution in [3.63, 3.8) is 0 Å². The van der Waals surface area contributed by atoms with E-state index >= 15 is 0 Å². The van der Waals surface area contributed by atoms with E-state index in [1.807, 2.05) is 0 Å². The van der Waals surface area contributed by atoms with E-state index in [4.69, 9.17) is 32.4 Å². The van der Waals surface area contributed by atoms with E-state index in [-0.39, 0.29) is 17.8 Å². The number of hydrogen-bond acceptors (Lipinski definition) is 4. The molecule has 0 fully saturated rings. The number of hydrogen-bond donors (Lipinski definition) is 1. The van der Waals surface area contributed by atoms with Gasteiger partial charge in [-0.25, -0.2) is 0 Å². The Morgan fingerprint density at radius 1 is 1.33 bits per heavy atom. The first-order valence-electron chi connectivity index (χ1n) is 5.93. The summed E-state index contributed by atoms with van der Waals surface area (Å²) in [5.74, 6) is -0.142. The summed E-state index contributed by atoms with van der Waals surface area (Å²) in [6.07, 6.45) is 1.26. The maximum Gasteiger partial charge on any atom is 0.262 e. The van der Waals surface area contributed by atoms with Gasteiger partial charge >= 0.3 is 0 Å². The zero-order valence-corrected chi connectivity index (χ0v) is 12.5. The first-order chi connectivity index (χ1) is 9.97. The SMILES string of the molecule is Cc1occc(=O)c1OCC(=O)Nc1ccc(Cl)cc1Cl. The van der Waals surface area contributed by atoms with Crippen LogP contribution in [0.3, 0.4) is 0 Å². The fraction of sp³-hybridized carbons (Fsp3) is 0.143. The van der Waals surface area contributed by atoms with Crippen molar-refractivity contribution in [3.8, 4) is 5.75 Å². The molecule has 0 aliphatic rings. The number of benzene rings is 1. The molecule has 1 N–H and O–H groups in total. The second kappa shape index (κ2) is 6.65. The van der Waals surface area contributed by atoms with Crippen LogP contribution in [0.4, 0.5) is 5.69 Å². The van der Waals surface area contributed by atoms with Crippen molar-refractivity contribution in [2.75, 3.05) is 11.9 Å². The minimum Gasteiger partial charge on any atom is -0.476 e. The second-order valence-corrected chi connectivity index (χ2v) is 4.97. The van der Waals surface area contributed by atoms with Crippen LogP contribution in [-0.2, 0) is 4.79 Å². The molecule has 2 rings (SSSR count). The quantitative estimate of drug-likeness (QED) is 0.935. The normalized spacial score (nSPS) is 10.2. The summed E-state index contributed by atoms with van der Waals surface area (Å²) in [6.45, 7) is 1.24. The highest BCUT2D eigenvalue weighted by Crippen LogP contribution is 2.25. The summed E-state index contributed by atoms with van der Waals surface area (Å²) >= 11 is 11.7. The molecular weight excluding hydrogens is 317 g/mol. The van der Waals surface area contributed by atoms with Gasteiger partial charge in [-0.05, 0) is 25.1 Å². The summed E-state index contributed by atoms with van der Waals surface area (Å²) in [6, 6.07) is 5.90. The van der Waals surface area contributed by atoms with E-state index in [0.717, 1.165) is 0 Å². The average Bonchev–Trinajstić information content (AvgIpc) is 2.41. The van der Waals surface area contributed by atoms with E-state index in [1.165, 1.54) is 18.4 Å². The first kappa shape index (κ1) is 15.4. The molecule has 0 spiro atoms. The molecule has 1 aromatic heterocycles. The molecule has 1 aromatic carbocycles. The Bertz CT molecular complexity index is 727. The summed E-state index contributed by atoms with van der Waals surface area (Å²) in [7, 11) is 0. The molecule has 0 saturated heterocycles. The monoisotopic (exact) mass is 327 g/mol. The molecule has 7 heteroatoms. The molecule has 1 heterocycles. The predicted octanol–water partition coefficient (Wildman–Crippen LogP) is 3.27. The second-order valence-electron chi connectivity index (χ2n) is 4.13. The molecule has 5 nitrogen and oxygen atoms in total. The van der Waals surface area contributed by atoms with Crippen LogP contribution in [0.15, 0.2) is 39.7 Å². The Morgan fingerprint density at radius 3 is 2.76 bits per heavy atom.